The van der Waals surface area contributed by atoms with Gasteiger partial charge in [0.15, 0.2) is 5.78 Å². The molecule has 0 heterocycles. The van der Waals surface area contributed by atoms with Gasteiger partial charge in [-0.2, -0.15) is 0 Å². The van der Waals surface area contributed by atoms with Crippen molar-refractivity contribution in [2.24, 2.45) is 0 Å². The largest absolute Gasteiger partial charge is 0.496 e. The number of carbonyl (C=O) groups excluding carboxylic acids is 1. The molecule has 0 amide bonds. The molecule has 0 aromatic heterocycles. The van der Waals surface area contributed by atoms with Crippen LogP contribution in [0.4, 0.5) is 5.69 Å². The summed E-state index contributed by atoms with van der Waals surface area (Å²) in [5, 5.41) is 10.6. The molecular formula is C9H8BrNO4. The molecule has 5 nitrogen and oxygen atoms in total. The number of ketones is 1. The lowest BCUT2D eigenvalue weighted by Crippen LogP contribution is -2.04. The van der Waals surface area contributed by atoms with Crippen LogP contribution in [0.5, 0.6) is 5.75 Å². The van der Waals surface area contributed by atoms with Crippen LogP contribution in [0.25, 0.3) is 0 Å². The Bertz CT molecular complexity index is 405. The first-order valence-electron chi connectivity index (χ1n) is 4.01. The molecule has 15 heavy (non-hydrogen) atoms. The Morgan fingerprint density at radius 1 is 1.60 bits per heavy atom. The van der Waals surface area contributed by atoms with Crippen molar-refractivity contribution in [3.63, 3.8) is 0 Å². The van der Waals surface area contributed by atoms with Gasteiger partial charge in [-0.3, -0.25) is 14.9 Å². The predicted molar refractivity (Wildman–Crippen MR) is 57.8 cm³/mol. The second kappa shape index (κ2) is 4.88. The summed E-state index contributed by atoms with van der Waals surface area (Å²) in [4.78, 5) is 21.4. The highest BCUT2D eigenvalue weighted by Crippen LogP contribution is 2.24. The summed E-state index contributed by atoms with van der Waals surface area (Å²) >= 11 is 3.00. The molecule has 0 bridgehead atoms. The molecule has 0 aliphatic rings. The Morgan fingerprint density at radius 3 is 2.73 bits per heavy atom. The standard InChI is InChI=1S/C9H8BrNO4/c1-15-9-3-2-6(11(13)14)4-7(9)8(12)5-10/h2-4H,5H2,1H3. The molecule has 0 aliphatic carbocycles. The molecular weight excluding hydrogens is 266 g/mol. The molecule has 0 saturated carbocycles. The van der Waals surface area contributed by atoms with Gasteiger partial charge in [0, 0.05) is 12.1 Å². The lowest BCUT2D eigenvalue weighted by molar-refractivity contribution is -0.384. The molecule has 1 aromatic carbocycles. The first-order chi connectivity index (χ1) is 7.10. The van der Waals surface area contributed by atoms with Crippen LogP contribution in [0.15, 0.2) is 18.2 Å². The smallest absolute Gasteiger partial charge is 0.270 e. The van der Waals surface area contributed by atoms with Crippen molar-refractivity contribution < 1.29 is 14.5 Å². The molecule has 1 rings (SSSR count). The van der Waals surface area contributed by atoms with Gasteiger partial charge in [0.25, 0.3) is 5.69 Å². The Labute approximate surface area is 94.3 Å². The molecule has 0 saturated heterocycles. The van der Waals surface area contributed by atoms with Gasteiger partial charge < -0.3 is 4.74 Å². The zero-order chi connectivity index (χ0) is 11.4. The summed E-state index contributed by atoms with van der Waals surface area (Å²) in [5.74, 6) is 0.0839. The average Bonchev–Trinajstić information content (AvgIpc) is 2.27. The highest BCUT2D eigenvalue weighted by Gasteiger charge is 2.16. The van der Waals surface area contributed by atoms with Crippen molar-refractivity contribution >= 4 is 27.4 Å². The minimum atomic E-state index is -0.551. The Balaban J connectivity index is 3.25. The van der Waals surface area contributed by atoms with Crippen LogP contribution < -0.4 is 4.74 Å². The fourth-order valence-corrected chi connectivity index (χ4v) is 1.40. The van der Waals surface area contributed by atoms with E-state index in [0.717, 1.165) is 0 Å². The van der Waals surface area contributed by atoms with Crippen molar-refractivity contribution in [2.45, 2.75) is 0 Å². The van der Waals surface area contributed by atoms with Gasteiger partial charge in [0.1, 0.15) is 5.75 Å². The highest BCUT2D eigenvalue weighted by atomic mass is 79.9. The lowest BCUT2D eigenvalue weighted by atomic mass is 10.1. The van der Waals surface area contributed by atoms with E-state index >= 15 is 0 Å². The molecule has 0 unspecified atom stereocenters. The number of alkyl halides is 1. The monoisotopic (exact) mass is 273 g/mol. The molecule has 6 heteroatoms. The summed E-state index contributed by atoms with van der Waals surface area (Å²) in [6, 6.07) is 3.92. The summed E-state index contributed by atoms with van der Waals surface area (Å²) < 4.78 is 4.94. The second-order valence-corrected chi connectivity index (χ2v) is 3.26. The third kappa shape index (κ3) is 2.53. The van der Waals surface area contributed by atoms with Gasteiger partial charge in [0.2, 0.25) is 0 Å². The Hall–Kier alpha value is -1.43. The topological polar surface area (TPSA) is 69.4 Å². The number of nitro benzene ring substituents is 1. The van der Waals surface area contributed by atoms with E-state index in [0.29, 0.717) is 5.75 Å². The van der Waals surface area contributed by atoms with Crippen LogP contribution >= 0.6 is 15.9 Å². The number of nitrogens with zero attached hydrogens (tertiary/aromatic N) is 1. The van der Waals surface area contributed by atoms with Crippen molar-refractivity contribution in [1.82, 2.24) is 0 Å². The fraction of sp³-hybridized carbons (Fsp3) is 0.222. The minimum absolute atomic E-state index is 0.102. The van der Waals surface area contributed by atoms with Gasteiger partial charge in [-0.1, -0.05) is 15.9 Å². The molecule has 0 radical (unpaired) electrons. The first-order valence-corrected chi connectivity index (χ1v) is 5.14. The summed E-state index contributed by atoms with van der Waals surface area (Å²) in [6.45, 7) is 0. The molecule has 0 aliphatic heterocycles. The van der Waals surface area contributed by atoms with E-state index in [1.165, 1.54) is 25.3 Å². The molecule has 0 fully saturated rings. The number of hydrogen-bond donors (Lipinski definition) is 0. The fourth-order valence-electron chi connectivity index (χ4n) is 1.10. The number of non-ortho nitro benzene ring substituents is 1. The Kier molecular flexibility index (Phi) is 3.79. The number of halogens is 1. The zero-order valence-electron chi connectivity index (χ0n) is 7.90. The predicted octanol–water partition coefficient (Wildman–Crippen LogP) is 2.18. The van der Waals surface area contributed by atoms with E-state index in [-0.39, 0.29) is 22.4 Å². The minimum Gasteiger partial charge on any atom is -0.496 e. The van der Waals surface area contributed by atoms with Crippen LogP contribution in [-0.4, -0.2) is 23.1 Å². The van der Waals surface area contributed by atoms with Crippen LogP contribution in [0.3, 0.4) is 0 Å². The summed E-state index contributed by atoms with van der Waals surface area (Å²) in [6.07, 6.45) is 0. The lowest BCUT2D eigenvalue weighted by Gasteiger charge is -2.05. The van der Waals surface area contributed by atoms with E-state index in [2.05, 4.69) is 15.9 Å². The van der Waals surface area contributed by atoms with Crippen molar-refractivity contribution in [2.75, 3.05) is 12.4 Å². The number of ether oxygens (including phenoxy) is 1. The van der Waals surface area contributed by atoms with Gasteiger partial charge in [0.05, 0.1) is 22.9 Å². The van der Waals surface area contributed by atoms with E-state index in [1.54, 1.807) is 0 Å². The van der Waals surface area contributed by atoms with Crippen molar-refractivity contribution in [3.05, 3.63) is 33.9 Å². The third-order valence-electron chi connectivity index (χ3n) is 1.82. The van der Waals surface area contributed by atoms with E-state index in [4.69, 9.17) is 4.74 Å². The van der Waals surface area contributed by atoms with E-state index in [1.807, 2.05) is 0 Å². The maximum Gasteiger partial charge on any atom is 0.270 e. The van der Waals surface area contributed by atoms with E-state index < -0.39 is 4.92 Å². The molecule has 0 atom stereocenters. The van der Waals surface area contributed by atoms with Gasteiger partial charge in [-0.05, 0) is 6.07 Å². The normalized spacial score (nSPS) is 9.73. The number of methoxy groups -OCH3 is 1. The Morgan fingerprint density at radius 2 is 2.27 bits per heavy atom. The number of Topliss-reactive ketones (excluding diaryl/α,β-unsaturated/α-hetero) is 1. The third-order valence-corrected chi connectivity index (χ3v) is 2.32. The highest BCUT2D eigenvalue weighted by molar-refractivity contribution is 9.09. The van der Waals surface area contributed by atoms with Crippen molar-refractivity contribution in [1.29, 1.82) is 0 Å². The zero-order valence-corrected chi connectivity index (χ0v) is 9.48. The van der Waals surface area contributed by atoms with Crippen LogP contribution in [0.2, 0.25) is 0 Å². The van der Waals surface area contributed by atoms with Crippen molar-refractivity contribution in [3.8, 4) is 5.75 Å². The van der Waals surface area contributed by atoms with Crippen LogP contribution in [0, 0.1) is 10.1 Å². The number of carbonyl (C=O) groups is 1. The maximum absolute atomic E-state index is 11.4. The average molecular weight is 274 g/mol. The SMILES string of the molecule is COc1ccc([N+](=O)[O-])cc1C(=O)CBr. The number of hydrogen-bond acceptors (Lipinski definition) is 4. The number of rotatable bonds is 4. The molecule has 80 valence electrons. The maximum atomic E-state index is 11.4. The summed E-state index contributed by atoms with van der Waals surface area (Å²) in [7, 11) is 1.41. The quantitative estimate of drug-likeness (QED) is 0.365. The number of benzene rings is 1. The van der Waals surface area contributed by atoms with Gasteiger partial charge in [-0.15, -0.1) is 0 Å². The molecule has 1 aromatic rings. The molecule has 0 spiro atoms. The second-order valence-electron chi connectivity index (χ2n) is 2.70. The first kappa shape index (κ1) is 11.6. The summed E-state index contributed by atoms with van der Waals surface area (Å²) in [5.41, 5.74) is 0.0867. The van der Waals surface area contributed by atoms with Gasteiger partial charge >= 0.3 is 0 Å². The van der Waals surface area contributed by atoms with Gasteiger partial charge in [-0.25, -0.2) is 0 Å². The van der Waals surface area contributed by atoms with Crippen LogP contribution in [0.1, 0.15) is 10.4 Å². The number of nitro groups is 1. The van der Waals surface area contributed by atoms with E-state index in [9.17, 15) is 14.9 Å². The van der Waals surface area contributed by atoms with Crippen LogP contribution in [-0.2, 0) is 0 Å². The molecule has 0 N–H and O–H groups in total.